The highest BCUT2D eigenvalue weighted by Gasteiger charge is 2.27. The van der Waals surface area contributed by atoms with Crippen LogP contribution in [0.3, 0.4) is 0 Å². The summed E-state index contributed by atoms with van der Waals surface area (Å²) in [4.78, 5) is 7.09. The van der Waals surface area contributed by atoms with Gasteiger partial charge in [-0.1, -0.05) is 24.3 Å². The van der Waals surface area contributed by atoms with E-state index in [4.69, 9.17) is 4.74 Å². The first-order chi connectivity index (χ1) is 12.9. The van der Waals surface area contributed by atoms with E-state index < -0.39 is 0 Å². The molecule has 134 valence electrons. The van der Waals surface area contributed by atoms with E-state index in [2.05, 4.69) is 48.9 Å². The van der Waals surface area contributed by atoms with Crippen LogP contribution in [0, 0.1) is 0 Å². The van der Waals surface area contributed by atoms with Crippen LogP contribution in [0.5, 0.6) is 0 Å². The lowest BCUT2D eigenvalue weighted by Gasteiger charge is -2.20. The summed E-state index contributed by atoms with van der Waals surface area (Å²) in [5.74, 6) is 2.11. The van der Waals surface area contributed by atoms with Gasteiger partial charge < -0.3 is 9.30 Å². The van der Waals surface area contributed by atoms with Gasteiger partial charge in [0.05, 0.1) is 5.52 Å². The molecule has 0 aliphatic carbocycles. The standard InChI is InChI=1S/C20H23N5O/c1-4-15-6-2-9-21-19(15)16(5-1)14-24-10-8-18-22-23-20(25(18)12-11-24)17-7-3-13-26-17/h1-2,4-6,9,17H,3,7-8,10-14H2. The third-order valence-electron chi connectivity index (χ3n) is 5.48. The Balaban J connectivity index is 1.35. The first-order valence-corrected chi connectivity index (χ1v) is 9.47. The molecule has 0 spiro atoms. The van der Waals surface area contributed by atoms with Gasteiger partial charge in [-0.15, -0.1) is 10.2 Å². The molecule has 2 aliphatic heterocycles. The third-order valence-corrected chi connectivity index (χ3v) is 5.48. The predicted octanol–water partition coefficient (Wildman–Crippen LogP) is 2.74. The van der Waals surface area contributed by atoms with Crippen LogP contribution in [0.15, 0.2) is 36.5 Å². The molecule has 1 aromatic carbocycles. The summed E-state index contributed by atoms with van der Waals surface area (Å²) in [6.07, 6.45) is 5.11. The number of ether oxygens (including phenoxy) is 1. The lowest BCUT2D eigenvalue weighted by Crippen LogP contribution is -2.27. The molecule has 4 heterocycles. The molecule has 0 radical (unpaired) electrons. The molecular weight excluding hydrogens is 326 g/mol. The van der Waals surface area contributed by atoms with Crippen molar-refractivity contribution >= 4 is 10.9 Å². The van der Waals surface area contributed by atoms with Crippen molar-refractivity contribution < 1.29 is 4.74 Å². The van der Waals surface area contributed by atoms with Crippen LogP contribution in [0.25, 0.3) is 10.9 Å². The van der Waals surface area contributed by atoms with E-state index in [0.29, 0.717) is 0 Å². The Kier molecular flexibility index (Phi) is 4.15. The van der Waals surface area contributed by atoms with Crippen LogP contribution >= 0.6 is 0 Å². The summed E-state index contributed by atoms with van der Waals surface area (Å²) < 4.78 is 8.12. The van der Waals surface area contributed by atoms with E-state index in [1.54, 1.807) is 0 Å². The quantitative estimate of drug-likeness (QED) is 0.728. The van der Waals surface area contributed by atoms with E-state index in [1.165, 1.54) is 10.9 Å². The second-order valence-corrected chi connectivity index (χ2v) is 7.15. The summed E-state index contributed by atoms with van der Waals surface area (Å²) in [6, 6.07) is 10.6. The Morgan fingerprint density at radius 1 is 1.08 bits per heavy atom. The molecule has 0 N–H and O–H groups in total. The van der Waals surface area contributed by atoms with Crippen molar-refractivity contribution in [2.45, 2.75) is 38.5 Å². The van der Waals surface area contributed by atoms with Crippen molar-refractivity contribution in [1.29, 1.82) is 0 Å². The molecule has 6 heteroatoms. The fraction of sp³-hybridized carbons (Fsp3) is 0.450. The van der Waals surface area contributed by atoms with Gasteiger partial charge >= 0.3 is 0 Å². The summed E-state index contributed by atoms with van der Waals surface area (Å²) >= 11 is 0. The molecule has 1 fully saturated rings. The Bertz CT molecular complexity index is 910. The van der Waals surface area contributed by atoms with E-state index in [9.17, 15) is 0 Å². The molecule has 0 amide bonds. The number of benzene rings is 1. The van der Waals surface area contributed by atoms with Crippen molar-refractivity contribution in [3.63, 3.8) is 0 Å². The van der Waals surface area contributed by atoms with Crippen LogP contribution in [-0.4, -0.2) is 44.3 Å². The minimum Gasteiger partial charge on any atom is -0.370 e. The van der Waals surface area contributed by atoms with Crippen LogP contribution < -0.4 is 0 Å². The fourth-order valence-electron chi connectivity index (χ4n) is 4.10. The average molecular weight is 349 g/mol. The Hall–Kier alpha value is -2.31. The van der Waals surface area contributed by atoms with Gasteiger partial charge in [0.15, 0.2) is 5.82 Å². The number of hydrogen-bond donors (Lipinski definition) is 0. The van der Waals surface area contributed by atoms with Crippen molar-refractivity contribution in [2.24, 2.45) is 0 Å². The van der Waals surface area contributed by atoms with Crippen molar-refractivity contribution in [1.82, 2.24) is 24.6 Å². The molecule has 2 aliphatic rings. The monoisotopic (exact) mass is 349 g/mol. The minimum atomic E-state index is 0.130. The van der Waals surface area contributed by atoms with Gasteiger partial charge in [0, 0.05) is 50.8 Å². The predicted molar refractivity (Wildman–Crippen MR) is 98.7 cm³/mol. The smallest absolute Gasteiger partial charge is 0.162 e. The van der Waals surface area contributed by atoms with Gasteiger partial charge in [-0.05, 0) is 24.5 Å². The first-order valence-electron chi connectivity index (χ1n) is 9.47. The number of nitrogens with zero attached hydrogens (tertiary/aromatic N) is 5. The maximum absolute atomic E-state index is 5.83. The molecule has 1 saturated heterocycles. The molecular formula is C20H23N5O. The first kappa shape index (κ1) is 15.9. The van der Waals surface area contributed by atoms with Crippen LogP contribution in [0.1, 0.15) is 36.2 Å². The number of para-hydroxylation sites is 1. The van der Waals surface area contributed by atoms with E-state index in [-0.39, 0.29) is 6.10 Å². The Morgan fingerprint density at radius 3 is 2.96 bits per heavy atom. The van der Waals surface area contributed by atoms with E-state index in [0.717, 1.165) is 69.2 Å². The minimum absolute atomic E-state index is 0.130. The molecule has 2 aromatic heterocycles. The number of hydrogen-bond acceptors (Lipinski definition) is 5. The zero-order valence-electron chi connectivity index (χ0n) is 14.8. The van der Waals surface area contributed by atoms with Crippen LogP contribution in [0.4, 0.5) is 0 Å². The second-order valence-electron chi connectivity index (χ2n) is 7.15. The summed E-state index contributed by atoms with van der Waals surface area (Å²) in [7, 11) is 0. The fourth-order valence-corrected chi connectivity index (χ4v) is 4.10. The Morgan fingerprint density at radius 2 is 2.04 bits per heavy atom. The largest absolute Gasteiger partial charge is 0.370 e. The van der Waals surface area contributed by atoms with E-state index >= 15 is 0 Å². The molecule has 26 heavy (non-hydrogen) atoms. The highest BCUT2D eigenvalue weighted by Crippen LogP contribution is 2.28. The second kappa shape index (κ2) is 6.78. The van der Waals surface area contributed by atoms with Gasteiger partial charge in [-0.25, -0.2) is 0 Å². The lowest BCUT2D eigenvalue weighted by molar-refractivity contribution is 0.101. The molecule has 0 saturated carbocycles. The van der Waals surface area contributed by atoms with Gasteiger partial charge in [0.25, 0.3) is 0 Å². The van der Waals surface area contributed by atoms with Gasteiger partial charge in [-0.2, -0.15) is 0 Å². The zero-order chi connectivity index (χ0) is 17.3. The van der Waals surface area contributed by atoms with Gasteiger partial charge in [-0.3, -0.25) is 9.88 Å². The van der Waals surface area contributed by atoms with Gasteiger partial charge in [0.2, 0.25) is 0 Å². The van der Waals surface area contributed by atoms with Crippen LogP contribution in [-0.2, 0) is 24.2 Å². The molecule has 1 atom stereocenters. The zero-order valence-corrected chi connectivity index (χ0v) is 14.8. The Labute approximate surface area is 152 Å². The molecule has 6 nitrogen and oxygen atoms in total. The molecule has 5 rings (SSSR count). The highest BCUT2D eigenvalue weighted by molar-refractivity contribution is 5.81. The normalized spacial score (nSPS) is 21.0. The average Bonchev–Trinajstić information content (AvgIpc) is 3.30. The number of fused-ring (bicyclic) bond motifs is 2. The number of pyridine rings is 1. The van der Waals surface area contributed by atoms with Crippen molar-refractivity contribution in [3.05, 3.63) is 53.7 Å². The van der Waals surface area contributed by atoms with Crippen LogP contribution in [0.2, 0.25) is 0 Å². The lowest BCUT2D eigenvalue weighted by atomic mass is 10.1. The summed E-state index contributed by atoms with van der Waals surface area (Å²) in [6.45, 7) is 4.67. The molecule has 0 bridgehead atoms. The van der Waals surface area contributed by atoms with Crippen molar-refractivity contribution in [3.8, 4) is 0 Å². The summed E-state index contributed by atoms with van der Waals surface area (Å²) in [5, 5.41) is 10.1. The van der Waals surface area contributed by atoms with E-state index in [1.807, 2.05) is 12.3 Å². The topological polar surface area (TPSA) is 56.1 Å². The van der Waals surface area contributed by atoms with Crippen molar-refractivity contribution in [2.75, 3.05) is 19.7 Å². The molecule has 1 unspecified atom stereocenters. The highest BCUT2D eigenvalue weighted by atomic mass is 16.5. The van der Waals surface area contributed by atoms with Gasteiger partial charge in [0.1, 0.15) is 11.9 Å². The summed E-state index contributed by atoms with van der Waals surface area (Å²) in [5.41, 5.74) is 2.40. The maximum atomic E-state index is 5.83. The number of aromatic nitrogens is 4. The third kappa shape index (κ3) is 2.89. The maximum Gasteiger partial charge on any atom is 0.162 e. The number of rotatable bonds is 3. The SMILES string of the molecule is c1cnc2c(CN3CCc4nnc(C5CCCO5)n4CC3)cccc2c1. The molecule has 3 aromatic rings.